The van der Waals surface area contributed by atoms with E-state index >= 15 is 0 Å². The molecule has 0 aliphatic rings. The third-order valence-electron chi connectivity index (χ3n) is 3.52. The molecule has 24 heavy (non-hydrogen) atoms. The number of benzene rings is 1. The van der Waals surface area contributed by atoms with Gasteiger partial charge in [-0.1, -0.05) is 12.1 Å². The molecule has 5 nitrogen and oxygen atoms in total. The summed E-state index contributed by atoms with van der Waals surface area (Å²) in [6.07, 6.45) is 5.29. The zero-order valence-electron chi connectivity index (χ0n) is 12.5. The Morgan fingerprint density at radius 2 is 1.62 bits per heavy atom. The van der Waals surface area contributed by atoms with E-state index < -0.39 is 0 Å². The maximum atomic E-state index is 5.88. The Morgan fingerprint density at radius 3 is 2.38 bits per heavy atom. The van der Waals surface area contributed by atoms with Gasteiger partial charge in [-0.2, -0.15) is 5.10 Å². The molecule has 0 aliphatic carbocycles. The van der Waals surface area contributed by atoms with E-state index in [0.717, 1.165) is 33.8 Å². The summed E-state index contributed by atoms with van der Waals surface area (Å²) < 4.78 is 1.84. The van der Waals surface area contributed by atoms with Gasteiger partial charge in [-0.25, -0.2) is 9.50 Å². The summed E-state index contributed by atoms with van der Waals surface area (Å²) in [5.41, 5.74) is 11.3. The minimum Gasteiger partial charge on any atom is -0.399 e. The van der Waals surface area contributed by atoms with Crippen LogP contribution in [-0.2, 0) is 0 Å². The molecule has 0 saturated heterocycles. The second-order valence-electron chi connectivity index (χ2n) is 4.99. The highest BCUT2D eigenvalue weighted by Crippen LogP contribution is 2.24. The van der Waals surface area contributed by atoms with Gasteiger partial charge in [0.25, 0.3) is 0 Å². The van der Waals surface area contributed by atoms with Crippen molar-refractivity contribution >= 4 is 36.1 Å². The van der Waals surface area contributed by atoms with Crippen molar-refractivity contribution < 1.29 is 0 Å². The van der Waals surface area contributed by atoms with Crippen LogP contribution in [0, 0.1) is 0 Å². The summed E-state index contributed by atoms with van der Waals surface area (Å²) in [6.45, 7) is 0. The van der Waals surface area contributed by atoms with Gasteiger partial charge in [-0.3, -0.25) is 4.98 Å². The van der Waals surface area contributed by atoms with Crippen LogP contribution in [0.2, 0.25) is 0 Å². The smallest absolute Gasteiger partial charge is 0.156 e. The zero-order valence-corrected chi connectivity index (χ0v) is 14.2. The maximum Gasteiger partial charge on any atom is 0.156 e. The fourth-order valence-electron chi connectivity index (χ4n) is 2.48. The van der Waals surface area contributed by atoms with E-state index in [-0.39, 0.29) is 24.8 Å². The molecule has 4 aromatic rings. The van der Waals surface area contributed by atoms with Gasteiger partial charge < -0.3 is 5.73 Å². The van der Waals surface area contributed by atoms with Crippen LogP contribution < -0.4 is 5.73 Å². The quantitative estimate of drug-likeness (QED) is 0.551. The molecule has 3 heterocycles. The highest BCUT2D eigenvalue weighted by Gasteiger charge is 2.09. The van der Waals surface area contributed by atoms with Gasteiger partial charge >= 0.3 is 0 Å². The molecule has 0 spiro atoms. The van der Waals surface area contributed by atoms with Crippen molar-refractivity contribution in [2.75, 3.05) is 5.73 Å². The Balaban J connectivity index is 0.00000104. The van der Waals surface area contributed by atoms with E-state index in [9.17, 15) is 0 Å². The molecule has 1 aromatic carbocycles. The predicted molar refractivity (Wildman–Crippen MR) is 101 cm³/mol. The molecular weight excluding hydrogens is 345 g/mol. The molecule has 0 saturated carbocycles. The number of pyridine rings is 1. The second kappa shape index (κ2) is 7.29. The first-order valence-corrected chi connectivity index (χ1v) is 6.92. The fraction of sp³-hybridized carbons (Fsp3) is 0. The second-order valence-corrected chi connectivity index (χ2v) is 4.99. The number of hydrogen-bond acceptors (Lipinski definition) is 4. The van der Waals surface area contributed by atoms with Gasteiger partial charge in [-0.05, 0) is 30.3 Å². The Bertz CT molecular complexity index is 954. The Kier molecular flexibility index (Phi) is 5.39. The first kappa shape index (κ1) is 17.7. The van der Waals surface area contributed by atoms with Gasteiger partial charge in [0.05, 0.1) is 11.4 Å². The van der Waals surface area contributed by atoms with Gasteiger partial charge in [0, 0.05) is 41.5 Å². The molecule has 2 N–H and O–H groups in total. The number of anilines is 1. The molecule has 0 amide bonds. The highest BCUT2D eigenvalue weighted by molar-refractivity contribution is 5.85. The Labute approximate surface area is 151 Å². The van der Waals surface area contributed by atoms with Crippen LogP contribution in [0.3, 0.4) is 0 Å². The van der Waals surface area contributed by atoms with Gasteiger partial charge in [0.2, 0.25) is 0 Å². The summed E-state index contributed by atoms with van der Waals surface area (Å²) in [5, 5.41) is 4.67. The number of hydrogen-bond donors (Lipinski definition) is 1. The lowest BCUT2D eigenvalue weighted by Crippen LogP contribution is -1.96. The van der Waals surface area contributed by atoms with E-state index in [2.05, 4.69) is 15.1 Å². The van der Waals surface area contributed by atoms with Gasteiger partial charge in [-0.15, -0.1) is 24.8 Å². The van der Waals surface area contributed by atoms with E-state index in [1.165, 1.54) is 0 Å². The van der Waals surface area contributed by atoms with Crippen LogP contribution in [0.15, 0.2) is 67.1 Å². The van der Waals surface area contributed by atoms with Crippen molar-refractivity contribution in [3.63, 3.8) is 0 Å². The van der Waals surface area contributed by atoms with Crippen LogP contribution in [-0.4, -0.2) is 19.6 Å². The van der Waals surface area contributed by atoms with E-state index in [1.54, 1.807) is 18.6 Å². The molecule has 0 aliphatic heterocycles. The van der Waals surface area contributed by atoms with Gasteiger partial charge in [0.15, 0.2) is 5.65 Å². The summed E-state index contributed by atoms with van der Waals surface area (Å²) in [6, 6.07) is 15.5. The van der Waals surface area contributed by atoms with E-state index in [1.807, 2.05) is 53.0 Å². The monoisotopic (exact) mass is 359 g/mol. The molecule has 4 rings (SSSR count). The maximum absolute atomic E-state index is 5.88. The number of nitrogens with zero attached hydrogens (tertiary/aromatic N) is 4. The van der Waals surface area contributed by atoms with Crippen molar-refractivity contribution in [2.24, 2.45) is 0 Å². The molecule has 0 bridgehead atoms. The van der Waals surface area contributed by atoms with Gasteiger partial charge in [0.1, 0.15) is 0 Å². The zero-order chi connectivity index (χ0) is 14.9. The third-order valence-corrected chi connectivity index (χ3v) is 3.52. The average molecular weight is 360 g/mol. The fourth-order valence-corrected chi connectivity index (χ4v) is 2.48. The summed E-state index contributed by atoms with van der Waals surface area (Å²) >= 11 is 0. The lowest BCUT2D eigenvalue weighted by atomic mass is 10.1. The van der Waals surface area contributed by atoms with Crippen LogP contribution >= 0.6 is 24.8 Å². The molecule has 0 fully saturated rings. The van der Waals surface area contributed by atoms with Crippen molar-refractivity contribution in [1.82, 2.24) is 19.6 Å². The molecular formula is C17H15Cl2N5. The molecule has 0 atom stereocenters. The first-order valence-electron chi connectivity index (χ1n) is 6.92. The third kappa shape index (κ3) is 3.18. The van der Waals surface area contributed by atoms with Crippen molar-refractivity contribution in [3.8, 4) is 22.5 Å². The number of nitrogen functional groups attached to an aromatic ring is 1. The normalized spacial score (nSPS) is 10.0. The minimum atomic E-state index is 0. The van der Waals surface area contributed by atoms with Crippen LogP contribution in [0.25, 0.3) is 28.2 Å². The number of rotatable bonds is 2. The SMILES string of the molecule is Cl.Cl.Nc1cccc(-c2ccnc3cc(-c4ccncc4)nn23)c1. The van der Waals surface area contributed by atoms with Crippen LogP contribution in [0.5, 0.6) is 0 Å². The minimum absolute atomic E-state index is 0. The molecule has 122 valence electrons. The number of fused-ring (bicyclic) bond motifs is 1. The summed E-state index contributed by atoms with van der Waals surface area (Å²) in [5.74, 6) is 0. The molecule has 3 aromatic heterocycles. The summed E-state index contributed by atoms with van der Waals surface area (Å²) in [7, 11) is 0. The lowest BCUT2D eigenvalue weighted by molar-refractivity contribution is 0.951. The van der Waals surface area contributed by atoms with Crippen LogP contribution in [0.1, 0.15) is 0 Å². The average Bonchev–Trinajstić information content (AvgIpc) is 3.00. The highest BCUT2D eigenvalue weighted by atomic mass is 35.5. The Morgan fingerprint density at radius 1 is 0.833 bits per heavy atom. The molecule has 7 heteroatoms. The standard InChI is InChI=1S/C17H13N5.2ClH/c18-14-3-1-2-13(10-14)16-6-9-20-17-11-15(21-22(16)17)12-4-7-19-8-5-12;;/h1-11H,18H2;2*1H. The first-order chi connectivity index (χ1) is 10.8. The number of aromatic nitrogens is 4. The van der Waals surface area contributed by atoms with E-state index in [4.69, 9.17) is 5.73 Å². The van der Waals surface area contributed by atoms with Crippen molar-refractivity contribution in [3.05, 3.63) is 67.1 Å². The van der Waals surface area contributed by atoms with Crippen molar-refractivity contribution in [2.45, 2.75) is 0 Å². The predicted octanol–water partition coefficient (Wildman–Crippen LogP) is 3.88. The van der Waals surface area contributed by atoms with Crippen molar-refractivity contribution in [1.29, 1.82) is 0 Å². The largest absolute Gasteiger partial charge is 0.399 e. The Hall–Kier alpha value is -2.63. The van der Waals surface area contributed by atoms with E-state index in [0.29, 0.717) is 0 Å². The topological polar surface area (TPSA) is 69.1 Å². The number of halogens is 2. The van der Waals surface area contributed by atoms with Crippen LogP contribution in [0.4, 0.5) is 5.69 Å². The molecule has 0 radical (unpaired) electrons. The summed E-state index contributed by atoms with van der Waals surface area (Å²) in [4.78, 5) is 8.43. The number of nitrogens with two attached hydrogens (primary N) is 1. The molecule has 0 unspecified atom stereocenters. The lowest BCUT2D eigenvalue weighted by Gasteiger charge is -2.05.